The zero-order valence-electron chi connectivity index (χ0n) is 15.2. The first-order chi connectivity index (χ1) is 14.2. The number of halogens is 4. The van der Waals surface area contributed by atoms with Gasteiger partial charge >= 0.3 is 6.18 Å². The maximum Gasteiger partial charge on any atom is 0.416 e. The van der Waals surface area contributed by atoms with Crippen molar-refractivity contribution in [1.82, 2.24) is 4.98 Å². The molecular weight excluding hydrogens is 418 g/mol. The Bertz CT molecular complexity index is 1130. The lowest BCUT2D eigenvalue weighted by molar-refractivity contribution is -0.137. The van der Waals surface area contributed by atoms with E-state index in [1.807, 2.05) is 0 Å². The summed E-state index contributed by atoms with van der Waals surface area (Å²) in [6.45, 7) is 0. The van der Waals surface area contributed by atoms with Gasteiger partial charge in [-0.2, -0.15) is 18.4 Å². The lowest BCUT2D eigenvalue weighted by atomic mass is 10.1. The Hall–Kier alpha value is -3.51. The molecule has 0 saturated heterocycles. The first-order valence-electron chi connectivity index (χ1n) is 8.54. The molecule has 1 aromatic heterocycles. The monoisotopic (exact) mass is 431 g/mol. The van der Waals surface area contributed by atoms with Crippen molar-refractivity contribution < 1.29 is 22.4 Å². The number of nitriles is 1. The Labute approximate surface area is 173 Å². The number of hydrogen-bond donors (Lipinski definition) is 1. The van der Waals surface area contributed by atoms with Gasteiger partial charge in [-0.25, -0.2) is 9.37 Å². The molecule has 0 unspecified atom stereocenters. The van der Waals surface area contributed by atoms with Crippen LogP contribution in [0, 0.1) is 17.1 Å². The van der Waals surface area contributed by atoms with Gasteiger partial charge in [0.25, 0.3) is 5.91 Å². The van der Waals surface area contributed by atoms with E-state index in [2.05, 4.69) is 10.3 Å². The predicted molar refractivity (Wildman–Crippen MR) is 105 cm³/mol. The van der Waals surface area contributed by atoms with E-state index in [0.29, 0.717) is 16.0 Å². The highest BCUT2D eigenvalue weighted by atomic mass is 32.1. The van der Waals surface area contributed by atoms with Gasteiger partial charge in [-0.1, -0.05) is 30.3 Å². The predicted octanol–water partition coefficient (Wildman–Crippen LogP) is 5.44. The summed E-state index contributed by atoms with van der Waals surface area (Å²) in [6.07, 6.45) is -1.44. The van der Waals surface area contributed by atoms with Crippen molar-refractivity contribution in [3.8, 4) is 6.07 Å². The molecule has 0 radical (unpaired) electrons. The van der Waals surface area contributed by atoms with Crippen LogP contribution < -0.4 is 5.32 Å². The van der Waals surface area contributed by atoms with E-state index < -0.39 is 23.5 Å². The van der Waals surface area contributed by atoms with Gasteiger partial charge in [-0.15, -0.1) is 11.3 Å². The molecular formula is C21H13F4N3OS. The second-order valence-corrected chi connectivity index (χ2v) is 7.30. The van der Waals surface area contributed by atoms with E-state index in [0.717, 1.165) is 23.5 Å². The SMILES string of the molecule is N#CC(=Cc1ccc(F)cc1)C(=O)Nc1ncc(Cc2cccc(C(F)(F)F)c2)s1. The van der Waals surface area contributed by atoms with Gasteiger partial charge < -0.3 is 0 Å². The molecule has 2 aromatic carbocycles. The minimum absolute atomic E-state index is 0.198. The van der Waals surface area contributed by atoms with Gasteiger partial charge in [0.05, 0.1) is 5.56 Å². The van der Waals surface area contributed by atoms with E-state index in [9.17, 15) is 27.6 Å². The van der Waals surface area contributed by atoms with Crippen LogP contribution in [-0.2, 0) is 17.4 Å². The molecule has 1 heterocycles. The molecule has 0 aliphatic carbocycles. The fourth-order valence-corrected chi connectivity index (χ4v) is 3.39. The van der Waals surface area contributed by atoms with Crippen molar-refractivity contribution in [1.29, 1.82) is 5.26 Å². The summed E-state index contributed by atoms with van der Waals surface area (Å²) in [7, 11) is 0. The number of thiazole rings is 1. The third-order valence-corrected chi connectivity index (χ3v) is 4.87. The molecule has 0 spiro atoms. The number of carbonyl (C=O) groups excluding carboxylic acids is 1. The van der Waals surface area contributed by atoms with E-state index >= 15 is 0 Å². The molecule has 3 rings (SSSR count). The number of amides is 1. The fraction of sp³-hybridized carbons (Fsp3) is 0.0952. The van der Waals surface area contributed by atoms with Gasteiger partial charge in [0.1, 0.15) is 17.5 Å². The van der Waals surface area contributed by atoms with Crippen molar-refractivity contribution in [2.24, 2.45) is 0 Å². The van der Waals surface area contributed by atoms with Crippen LogP contribution in [-0.4, -0.2) is 10.9 Å². The van der Waals surface area contributed by atoms with Gasteiger partial charge in [0.15, 0.2) is 5.13 Å². The molecule has 0 fully saturated rings. The normalized spacial score (nSPS) is 11.8. The molecule has 152 valence electrons. The Morgan fingerprint density at radius 2 is 1.93 bits per heavy atom. The minimum atomic E-state index is -4.42. The summed E-state index contributed by atoms with van der Waals surface area (Å²) in [5, 5.41) is 11.9. The van der Waals surface area contributed by atoms with Crippen molar-refractivity contribution in [3.05, 3.63) is 87.7 Å². The molecule has 0 aliphatic heterocycles. The average Bonchev–Trinajstić information content (AvgIpc) is 3.13. The van der Waals surface area contributed by atoms with Crippen LogP contribution in [0.2, 0.25) is 0 Å². The van der Waals surface area contributed by atoms with Crippen molar-refractivity contribution in [3.63, 3.8) is 0 Å². The fourth-order valence-electron chi connectivity index (χ4n) is 2.54. The van der Waals surface area contributed by atoms with E-state index in [1.165, 1.54) is 42.6 Å². The Morgan fingerprint density at radius 3 is 2.60 bits per heavy atom. The van der Waals surface area contributed by atoms with Gasteiger partial charge in [-0.3, -0.25) is 10.1 Å². The summed E-state index contributed by atoms with van der Waals surface area (Å²) in [6, 6.07) is 12.0. The maximum absolute atomic E-state index is 13.0. The van der Waals surface area contributed by atoms with Crippen LogP contribution in [0.15, 0.2) is 60.3 Å². The maximum atomic E-state index is 13.0. The Balaban J connectivity index is 1.70. The first kappa shape index (κ1) is 21.2. The summed E-state index contributed by atoms with van der Waals surface area (Å²) in [4.78, 5) is 17.0. The largest absolute Gasteiger partial charge is 0.416 e. The van der Waals surface area contributed by atoms with E-state index in [4.69, 9.17) is 0 Å². The number of anilines is 1. The number of rotatable bonds is 5. The van der Waals surface area contributed by atoms with Crippen LogP contribution in [0.1, 0.15) is 21.6 Å². The molecule has 9 heteroatoms. The van der Waals surface area contributed by atoms with Gasteiger partial charge in [0.2, 0.25) is 0 Å². The van der Waals surface area contributed by atoms with Crippen LogP contribution in [0.3, 0.4) is 0 Å². The van der Waals surface area contributed by atoms with Crippen molar-refractivity contribution in [2.75, 3.05) is 5.32 Å². The average molecular weight is 431 g/mol. The van der Waals surface area contributed by atoms with E-state index in [1.54, 1.807) is 12.1 Å². The summed E-state index contributed by atoms with van der Waals surface area (Å²) < 4.78 is 51.5. The van der Waals surface area contributed by atoms with E-state index in [-0.39, 0.29) is 17.1 Å². The standard InChI is InChI=1S/C21H13F4N3OS/c22-17-6-4-13(5-7-17)8-15(11-26)19(29)28-20-27-12-18(30-20)10-14-2-1-3-16(9-14)21(23,24)25/h1-9,12H,10H2,(H,27,28,29). The van der Waals surface area contributed by atoms with Crippen molar-refractivity contribution in [2.45, 2.75) is 12.6 Å². The number of aromatic nitrogens is 1. The smallest absolute Gasteiger partial charge is 0.297 e. The number of nitrogens with one attached hydrogen (secondary N) is 1. The molecule has 30 heavy (non-hydrogen) atoms. The highest BCUT2D eigenvalue weighted by molar-refractivity contribution is 7.15. The molecule has 1 amide bonds. The molecule has 3 aromatic rings. The summed E-state index contributed by atoms with van der Waals surface area (Å²) >= 11 is 1.10. The number of carbonyl (C=O) groups is 1. The number of benzene rings is 2. The topological polar surface area (TPSA) is 65.8 Å². The summed E-state index contributed by atoms with van der Waals surface area (Å²) in [5.41, 5.74) is 0.00613. The first-order valence-corrected chi connectivity index (χ1v) is 9.36. The third kappa shape index (κ3) is 5.52. The lowest BCUT2D eigenvalue weighted by Crippen LogP contribution is -2.13. The van der Waals surface area contributed by atoms with Crippen molar-refractivity contribution >= 4 is 28.5 Å². The molecule has 0 atom stereocenters. The van der Waals surface area contributed by atoms with Gasteiger partial charge in [-0.05, 0) is 35.4 Å². The Morgan fingerprint density at radius 1 is 1.20 bits per heavy atom. The number of alkyl halides is 3. The zero-order valence-corrected chi connectivity index (χ0v) is 16.0. The lowest BCUT2D eigenvalue weighted by Gasteiger charge is -2.07. The van der Waals surface area contributed by atoms with Crippen LogP contribution >= 0.6 is 11.3 Å². The molecule has 0 saturated carbocycles. The second-order valence-electron chi connectivity index (χ2n) is 6.18. The van der Waals surface area contributed by atoms with Gasteiger partial charge in [0, 0.05) is 17.5 Å². The highest BCUT2D eigenvalue weighted by Crippen LogP contribution is 2.30. The molecule has 0 aliphatic rings. The van der Waals surface area contributed by atoms with Crippen LogP contribution in [0.25, 0.3) is 6.08 Å². The van der Waals surface area contributed by atoms with Crippen LogP contribution in [0.4, 0.5) is 22.7 Å². The third-order valence-electron chi connectivity index (χ3n) is 3.95. The highest BCUT2D eigenvalue weighted by Gasteiger charge is 2.30. The minimum Gasteiger partial charge on any atom is -0.297 e. The zero-order chi connectivity index (χ0) is 21.7. The molecule has 4 nitrogen and oxygen atoms in total. The number of nitrogens with zero attached hydrogens (tertiary/aromatic N) is 2. The molecule has 1 N–H and O–H groups in total. The Kier molecular flexibility index (Phi) is 6.28. The summed E-state index contributed by atoms with van der Waals surface area (Å²) in [5.74, 6) is -1.13. The molecule has 0 bridgehead atoms. The van der Waals surface area contributed by atoms with Crippen LogP contribution in [0.5, 0.6) is 0 Å². The quantitative estimate of drug-likeness (QED) is 0.333. The second kappa shape index (κ2) is 8.88. The number of hydrogen-bond acceptors (Lipinski definition) is 4.